The monoisotopic (exact) mass is 760 g/mol. The number of nitrogens with zero attached hydrogens (tertiary/aromatic N) is 6. The SMILES string of the molecule is C[C@@H]1CN(CCCC2CCC(N3C(=S)N(c4cnc(C#N)c(Cl)c4)C(=O)C3(C)C)CC2)C[C@H](C)N1CC(=O)Nc1ccc(C2CCC(=O)NC2=O)cc1. The van der Waals surface area contributed by atoms with Crippen LogP contribution in [0, 0.1) is 17.2 Å². The van der Waals surface area contributed by atoms with Gasteiger partial charge >= 0.3 is 0 Å². The molecule has 1 unspecified atom stereocenters. The van der Waals surface area contributed by atoms with Gasteiger partial charge in [-0.1, -0.05) is 23.7 Å². The molecule has 1 aromatic heterocycles. The number of hydrogen-bond donors (Lipinski definition) is 2. The van der Waals surface area contributed by atoms with E-state index >= 15 is 0 Å². The fourth-order valence-corrected chi connectivity index (χ4v) is 9.48. The van der Waals surface area contributed by atoms with Crippen molar-refractivity contribution in [1.29, 1.82) is 5.26 Å². The number of carbonyl (C=O) groups excluding carboxylic acids is 4. The van der Waals surface area contributed by atoms with E-state index in [4.69, 9.17) is 23.8 Å². The molecule has 6 rings (SSSR count). The lowest BCUT2D eigenvalue weighted by Crippen LogP contribution is -2.58. The first kappa shape index (κ1) is 38.8. The topological polar surface area (TPSA) is 142 Å². The van der Waals surface area contributed by atoms with Gasteiger partial charge < -0.3 is 15.1 Å². The highest BCUT2D eigenvalue weighted by atomic mass is 35.5. The molecule has 1 aromatic carbocycles. The standard InChI is InChI=1S/C39H49ClN8O4S/c1-24-21-45(22-25(2)46(24)23-35(50)43-28-11-9-27(10-12-28)31-15-16-34(49)44-36(31)51)17-5-6-26-7-13-29(14-8-26)48-38(53)47(37(52)39(48,3)4)30-18-32(40)33(19-41)42-20-30/h9-12,18,20,24-26,29,31H,5-8,13-17,21-23H2,1-4H3,(H,43,50)(H,44,49,51)/t24-,25+,26?,29?,31?. The molecule has 0 radical (unpaired) electrons. The number of piperazine rings is 1. The largest absolute Gasteiger partial charge is 0.331 e. The van der Waals surface area contributed by atoms with Crippen molar-refractivity contribution in [2.45, 2.75) is 109 Å². The van der Waals surface area contributed by atoms with Crippen LogP contribution in [-0.4, -0.2) is 98.3 Å². The molecule has 4 fully saturated rings. The molecule has 3 saturated heterocycles. The van der Waals surface area contributed by atoms with E-state index in [9.17, 15) is 24.4 Å². The molecular formula is C39H49ClN8O4S. The Bertz CT molecular complexity index is 1780. The second-order valence-corrected chi connectivity index (χ2v) is 16.4. The molecule has 1 saturated carbocycles. The first-order valence-corrected chi connectivity index (χ1v) is 19.5. The molecule has 4 heterocycles. The van der Waals surface area contributed by atoms with Gasteiger partial charge in [0.2, 0.25) is 17.7 Å². The molecule has 3 atom stereocenters. The number of nitriles is 1. The minimum atomic E-state index is -0.795. The highest BCUT2D eigenvalue weighted by Gasteiger charge is 2.52. The second-order valence-electron chi connectivity index (χ2n) is 15.6. The van der Waals surface area contributed by atoms with Crippen molar-refractivity contribution in [2.75, 3.05) is 36.4 Å². The number of rotatable bonds is 10. The smallest absolute Gasteiger partial charge is 0.258 e. The van der Waals surface area contributed by atoms with Crippen LogP contribution < -0.4 is 15.5 Å². The lowest BCUT2D eigenvalue weighted by molar-refractivity contribution is -0.134. The molecule has 1 aliphatic carbocycles. The van der Waals surface area contributed by atoms with E-state index in [1.54, 1.807) is 6.07 Å². The number of thiocarbonyl (C=S) groups is 1. The first-order chi connectivity index (χ1) is 25.3. The van der Waals surface area contributed by atoms with Gasteiger partial charge in [0.05, 0.1) is 29.4 Å². The summed E-state index contributed by atoms with van der Waals surface area (Å²) in [5.74, 6) is -0.392. The summed E-state index contributed by atoms with van der Waals surface area (Å²) in [4.78, 5) is 62.9. The lowest BCUT2D eigenvalue weighted by atomic mass is 9.82. The summed E-state index contributed by atoms with van der Waals surface area (Å²) in [6.45, 7) is 11.4. The number of piperidine rings is 1. The predicted molar refractivity (Wildman–Crippen MR) is 207 cm³/mol. The summed E-state index contributed by atoms with van der Waals surface area (Å²) in [5.41, 5.74) is 1.33. The van der Waals surface area contributed by atoms with Crippen molar-refractivity contribution in [1.82, 2.24) is 25.0 Å². The molecule has 2 N–H and O–H groups in total. The molecule has 3 aliphatic heterocycles. The number of hydrogen-bond acceptors (Lipinski definition) is 9. The van der Waals surface area contributed by atoms with E-state index in [0.717, 1.165) is 63.7 Å². The van der Waals surface area contributed by atoms with Gasteiger partial charge in [-0.3, -0.25) is 34.3 Å². The van der Waals surface area contributed by atoms with Crippen LogP contribution in [0.3, 0.4) is 0 Å². The molecule has 4 aliphatic rings. The van der Waals surface area contributed by atoms with Gasteiger partial charge in [-0.2, -0.15) is 5.26 Å². The molecule has 12 nitrogen and oxygen atoms in total. The maximum Gasteiger partial charge on any atom is 0.258 e. The molecule has 4 amide bonds. The molecule has 0 spiro atoms. The lowest BCUT2D eigenvalue weighted by Gasteiger charge is -2.44. The molecule has 53 heavy (non-hydrogen) atoms. The van der Waals surface area contributed by atoms with Crippen molar-refractivity contribution in [3.63, 3.8) is 0 Å². The third kappa shape index (κ3) is 8.41. The zero-order chi connectivity index (χ0) is 38.0. The Balaban J connectivity index is 0.926. The normalized spacial score (nSPS) is 26.8. The molecule has 14 heteroatoms. The number of pyridine rings is 1. The third-order valence-electron chi connectivity index (χ3n) is 11.5. The summed E-state index contributed by atoms with van der Waals surface area (Å²) >= 11 is 12.1. The number of halogens is 1. The van der Waals surface area contributed by atoms with E-state index in [1.807, 2.05) is 44.2 Å². The summed E-state index contributed by atoms with van der Waals surface area (Å²) in [6, 6.07) is 11.5. The van der Waals surface area contributed by atoms with Crippen LogP contribution in [0.15, 0.2) is 36.5 Å². The number of carbonyl (C=O) groups is 4. The Labute approximate surface area is 322 Å². The van der Waals surface area contributed by atoms with Gasteiger partial charge in [-0.25, -0.2) is 4.98 Å². The van der Waals surface area contributed by atoms with Crippen LogP contribution in [0.4, 0.5) is 11.4 Å². The Hall–Kier alpha value is -3.96. The number of aromatic nitrogens is 1. The first-order valence-electron chi connectivity index (χ1n) is 18.7. The minimum absolute atomic E-state index is 0.0627. The van der Waals surface area contributed by atoms with Crippen molar-refractivity contribution in [3.8, 4) is 6.07 Å². The van der Waals surface area contributed by atoms with E-state index in [2.05, 4.69) is 44.2 Å². The van der Waals surface area contributed by atoms with Crippen LogP contribution in [0.5, 0.6) is 0 Å². The number of amides is 4. The predicted octanol–water partition coefficient (Wildman–Crippen LogP) is 5.21. The van der Waals surface area contributed by atoms with E-state index < -0.39 is 5.54 Å². The highest BCUT2D eigenvalue weighted by Crippen LogP contribution is 2.40. The molecule has 2 aromatic rings. The maximum absolute atomic E-state index is 13.6. The van der Waals surface area contributed by atoms with E-state index in [0.29, 0.717) is 41.8 Å². The van der Waals surface area contributed by atoms with Crippen molar-refractivity contribution in [3.05, 3.63) is 52.8 Å². The van der Waals surface area contributed by atoms with Gasteiger partial charge in [0.1, 0.15) is 11.6 Å². The summed E-state index contributed by atoms with van der Waals surface area (Å²) < 4.78 is 0. The zero-order valence-corrected chi connectivity index (χ0v) is 32.5. The zero-order valence-electron chi connectivity index (χ0n) is 30.9. The van der Waals surface area contributed by atoms with Gasteiger partial charge in [0.15, 0.2) is 10.8 Å². The number of anilines is 2. The van der Waals surface area contributed by atoms with Crippen molar-refractivity contribution in [2.24, 2.45) is 5.92 Å². The van der Waals surface area contributed by atoms with Crippen LogP contribution in [0.25, 0.3) is 0 Å². The molecule has 282 valence electrons. The Morgan fingerprint density at radius 3 is 2.38 bits per heavy atom. The summed E-state index contributed by atoms with van der Waals surface area (Å²) in [6.07, 6.45) is 8.72. The average Bonchev–Trinajstić information content (AvgIpc) is 3.29. The van der Waals surface area contributed by atoms with Crippen LogP contribution in [0.1, 0.15) is 96.2 Å². The fourth-order valence-electron chi connectivity index (χ4n) is 8.72. The highest BCUT2D eigenvalue weighted by molar-refractivity contribution is 7.80. The molecular weight excluding hydrogens is 712 g/mol. The van der Waals surface area contributed by atoms with Crippen molar-refractivity contribution < 1.29 is 19.2 Å². The average molecular weight is 761 g/mol. The van der Waals surface area contributed by atoms with Gasteiger partial charge in [-0.05, 0) is 121 Å². The maximum atomic E-state index is 13.6. The Morgan fingerprint density at radius 1 is 1.08 bits per heavy atom. The summed E-state index contributed by atoms with van der Waals surface area (Å²) in [7, 11) is 0. The number of nitrogens with one attached hydrogen (secondary N) is 2. The van der Waals surface area contributed by atoms with E-state index in [1.165, 1.54) is 11.1 Å². The van der Waals surface area contributed by atoms with Gasteiger partial charge in [0.25, 0.3) is 5.91 Å². The van der Waals surface area contributed by atoms with Crippen LogP contribution in [0.2, 0.25) is 5.02 Å². The van der Waals surface area contributed by atoms with Crippen molar-refractivity contribution >= 4 is 63.9 Å². The van der Waals surface area contributed by atoms with E-state index in [-0.39, 0.29) is 58.4 Å². The number of benzene rings is 1. The van der Waals surface area contributed by atoms with Gasteiger partial charge in [0, 0.05) is 43.3 Å². The Morgan fingerprint density at radius 2 is 1.75 bits per heavy atom. The quantitative estimate of drug-likeness (QED) is 0.245. The summed E-state index contributed by atoms with van der Waals surface area (Å²) in [5, 5.41) is 15.3. The third-order valence-corrected chi connectivity index (χ3v) is 12.2. The fraction of sp³-hybridized carbons (Fsp3) is 0.564. The van der Waals surface area contributed by atoms with Crippen LogP contribution >= 0.6 is 23.8 Å². The van der Waals surface area contributed by atoms with Crippen LogP contribution in [-0.2, 0) is 19.2 Å². The Kier molecular flexibility index (Phi) is 11.8. The molecule has 0 bridgehead atoms. The second kappa shape index (κ2) is 16.2. The minimum Gasteiger partial charge on any atom is -0.331 e. The number of imide groups is 1. The van der Waals surface area contributed by atoms with Gasteiger partial charge in [-0.15, -0.1) is 0 Å².